The van der Waals surface area contributed by atoms with Crippen LogP contribution in [0.15, 0.2) is 36.5 Å². The fraction of sp³-hybridized carbons (Fsp3) is 0.571. The molecule has 1 atom stereocenters. The van der Waals surface area contributed by atoms with Gasteiger partial charge in [0.25, 0.3) is 0 Å². The van der Waals surface area contributed by atoms with Crippen LogP contribution in [0.4, 0.5) is 0 Å². The molecule has 0 aromatic rings. The maximum absolute atomic E-state index is 11.9. The third kappa shape index (κ3) is 18.4. The third-order valence-electron chi connectivity index (χ3n) is 3.54. The predicted molar refractivity (Wildman–Crippen MR) is 108 cm³/mol. The number of hydrogen-bond donors (Lipinski definition) is 2. The van der Waals surface area contributed by atoms with Gasteiger partial charge < -0.3 is 19.4 Å². The second-order valence-corrected chi connectivity index (χ2v) is 7.54. The largest absolute Gasteiger partial charge is 0.481 e. The molecule has 0 spiro atoms. The Hall–Kier alpha value is -2.41. The van der Waals surface area contributed by atoms with E-state index in [1.165, 1.54) is 0 Å². The molecule has 7 nitrogen and oxygen atoms in total. The topological polar surface area (TPSA) is 101 Å². The van der Waals surface area contributed by atoms with Crippen molar-refractivity contribution in [1.29, 1.82) is 0 Å². The van der Waals surface area contributed by atoms with Gasteiger partial charge in [0.05, 0.1) is 27.6 Å². The van der Waals surface area contributed by atoms with Crippen LogP contribution in [0, 0.1) is 0 Å². The highest BCUT2D eigenvalue weighted by atomic mass is 16.5. The number of hydrogen-bond acceptors (Lipinski definition) is 4. The van der Waals surface area contributed by atoms with Gasteiger partial charge in [-0.05, 0) is 25.7 Å². The summed E-state index contributed by atoms with van der Waals surface area (Å²) >= 11 is 0. The van der Waals surface area contributed by atoms with Crippen LogP contribution in [0.5, 0.6) is 0 Å². The van der Waals surface area contributed by atoms with Gasteiger partial charge in [0.2, 0.25) is 0 Å². The highest BCUT2D eigenvalue weighted by Gasteiger charge is 2.24. The lowest BCUT2D eigenvalue weighted by Gasteiger charge is -2.28. The maximum atomic E-state index is 11.9. The van der Waals surface area contributed by atoms with E-state index in [2.05, 4.69) is 0 Å². The molecule has 2 N–H and O–H groups in total. The van der Waals surface area contributed by atoms with E-state index in [0.29, 0.717) is 23.9 Å². The van der Waals surface area contributed by atoms with Gasteiger partial charge in [-0.1, -0.05) is 36.5 Å². The van der Waals surface area contributed by atoms with E-state index in [4.69, 9.17) is 14.9 Å². The van der Waals surface area contributed by atoms with Crippen LogP contribution in [0.3, 0.4) is 0 Å². The lowest BCUT2D eigenvalue weighted by atomic mass is 10.2. The first kappa shape index (κ1) is 25.6. The average Bonchev–Trinajstić information content (AvgIpc) is 2.53. The Bertz CT molecular complexity index is 572. The second kappa shape index (κ2) is 14.6. The van der Waals surface area contributed by atoms with Crippen LogP contribution in [0.1, 0.15) is 44.9 Å². The van der Waals surface area contributed by atoms with Gasteiger partial charge in [0, 0.05) is 12.8 Å². The van der Waals surface area contributed by atoms with Gasteiger partial charge in [0.1, 0.15) is 6.54 Å². The molecule has 0 saturated heterocycles. The van der Waals surface area contributed by atoms with Crippen molar-refractivity contribution >= 4 is 17.9 Å². The highest BCUT2D eigenvalue weighted by molar-refractivity contribution is 5.71. The van der Waals surface area contributed by atoms with Gasteiger partial charge in [-0.25, -0.2) is 0 Å². The van der Waals surface area contributed by atoms with Crippen LogP contribution < -0.4 is 0 Å². The summed E-state index contributed by atoms with van der Waals surface area (Å²) in [6, 6.07) is 0. The first-order valence-electron chi connectivity index (χ1n) is 9.48. The third-order valence-corrected chi connectivity index (χ3v) is 3.54. The molecule has 0 aromatic heterocycles. The zero-order valence-electron chi connectivity index (χ0n) is 17.2. The van der Waals surface area contributed by atoms with E-state index >= 15 is 0 Å². The van der Waals surface area contributed by atoms with Crippen LogP contribution in [-0.4, -0.2) is 66.4 Å². The summed E-state index contributed by atoms with van der Waals surface area (Å²) in [5, 5.41) is 17.5. The monoisotopic (exact) mass is 396 g/mol. The Balaban J connectivity index is 4.00. The molecule has 0 saturated carbocycles. The summed E-state index contributed by atoms with van der Waals surface area (Å²) < 4.78 is 5.84. The molecule has 0 aliphatic carbocycles. The van der Waals surface area contributed by atoms with Crippen LogP contribution in [0.2, 0.25) is 0 Å². The molecule has 28 heavy (non-hydrogen) atoms. The number of carboxylic acids is 2. The Kier molecular flexibility index (Phi) is 13.4. The zero-order chi connectivity index (χ0) is 21.4. The molecule has 0 aliphatic rings. The van der Waals surface area contributed by atoms with Gasteiger partial charge >= 0.3 is 17.9 Å². The number of rotatable bonds is 15. The van der Waals surface area contributed by atoms with Crippen molar-refractivity contribution in [2.75, 3.05) is 27.7 Å². The van der Waals surface area contributed by atoms with Crippen molar-refractivity contribution in [3.05, 3.63) is 36.5 Å². The van der Waals surface area contributed by atoms with Crippen molar-refractivity contribution < 1.29 is 33.8 Å². The summed E-state index contributed by atoms with van der Waals surface area (Å²) in [5.74, 6) is -2.15. The normalized spacial score (nSPS) is 13.4. The van der Waals surface area contributed by atoms with Crippen LogP contribution in [0.25, 0.3) is 0 Å². The van der Waals surface area contributed by atoms with Crippen molar-refractivity contribution in [1.82, 2.24) is 0 Å². The lowest BCUT2D eigenvalue weighted by molar-refractivity contribution is -0.873. The molecular weight excluding hydrogens is 362 g/mol. The van der Waals surface area contributed by atoms with E-state index in [0.717, 1.165) is 12.8 Å². The van der Waals surface area contributed by atoms with E-state index in [9.17, 15) is 14.4 Å². The summed E-state index contributed by atoms with van der Waals surface area (Å²) in [5.41, 5.74) is 0. The number of allylic oxidation sites excluding steroid dienone is 6. The number of likely N-dealkylation sites (N-methyl/N-ethyl adjacent to an activating group) is 1. The molecule has 158 valence electrons. The van der Waals surface area contributed by atoms with Gasteiger partial charge in [0.15, 0.2) is 6.10 Å². The molecule has 0 amide bonds. The van der Waals surface area contributed by atoms with E-state index in [-0.39, 0.29) is 25.2 Å². The molecule has 0 radical (unpaired) electrons. The molecular formula is C21H34NO6+. The minimum Gasteiger partial charge on any atom is -0.481 e. The van der Waals surface area contributed by atoms with Crippen molar-refractivity contribution in [2.45, 2.75) is 51.0 Å². The van der Waals surface area contributed by atoms with Crippen molar-refractivity contribution in [3.8, 4) is 0 Å². The molecule has 0 rings (SSSR count). The standard InChI is InChI=1S/C21H33NO6/c1-22(2,3)17-18(16-20(25)26)28-21(27)15-13-11-9-7-5-4-6-8-10-12-14-19(23)24/h4-5,8-11,18H,6-7,12-17H2,1-3H3,(H-,23,24,25,26)/p+1/b5-4+,10-8+,11-9+. The molecule has 0 bridgehead atoms. The van der Waals surface area contributed by atoms with Gasteiger partial charge in [-0.15, -0.1) is 0 Å². The summed E-state index contributed by atoms with van der Waals surface area (Å²) in [4.78, 5) is 33.2. The average molecular weight is 397 g/mol. The van der Waals surface area contributed by atoms with E-state index in [1.54, 1.807) is 0 Å². The fourth-order valence-corrected chi connectivity index (χ4v) is 2.38. The number of quaternary nitrogens is 1. The SMILES string of the molecule is C[N+](C)(C)CC(CC(=O)O)OC(=O)CC/C=C/C/C=C/C/C=C/CCC(=O)O. The lowest BCUT2D eigenvalue weighted by Crippen LogP contribution is -2.43. The Morgan fingerprint density at radius 1 is 0.821 bits per heavy atom. The second-order valence-electron chi connectivity index (χ2n) is 7.54. The number of ether oxygens (including phenoxy) is 1. The van der Waals surface area contributed by atoms with Crippen LogP contribution in [-0.2, 0) is 19.1 Å². The maximum Gasteiger partial charge on any atom is 0.307 e. The van der Waals surface area contributed by atoms with Crippen molar-refractivity contribution in [2.24, 2.45) is 0 Å². The molecule has 1 unspecified atom stereocenters. The smallest absolute Gasteiger partial charge is 0.307 e. The summed E-state index contributed by atoms with van der Waals surface area (Å²) in [6.07, 6.45) is 13.8. The van der Waals surface area contributed by atoms with Gasteiger partial charge in [-0.3, -0.25) is 14.4 Å². The fourth-order valence-electron chi connectivity index (χ4n) is 2.38. The van der Waals surface area contributed by atoms with E-state index in [1.807, 2.05) is 57.6 Å². The Morgan fingerprint density at radius 3 is 1.79 bits per heavy atom. The van der Waals surface area contributed by atoms with E-state index < -0.39 is 18.0 Å². The number of nitrogens with zero attached hydrogens (tertiary/aromatic N) is 1. The number of esters is 1. The molecule has 0 aromatic carbocycles. The van der Waals surface area contributed by atoms with Crippen molar-refractivity contribution in [3.63, 3.8) is 0 Å². The predicted octanol–water partition coefficient (Wildman–Crippen LogP) is 3.17. The quantitative estimate of drug-likeness (QED) is 0.250. The summed E-state index contributed by atoms with van der Waals surface area (Å²) in [7, 11) is 5.76. The number of carboxylic acid groups (broad SMARTS) is 2. The minimum atomic E-state index is -0.977. The molecule has 0 aliphatic heterocycles. The molecule has 0 heterocycles. The number of carbonyl (C=O) groups is 3. The Labute approximate surface area is 167 Å². The first-order valence-corrected chi connectivity index (χ1v) is 9.48. The number of aliphatic carboxylic acids is 2. The first-order chi connectivity index (χ1) is 13.1. The number of carbonyl (C=O) groups excluding carboxylic acids is 1. The van der Waals surface area contributed by atoms with Gasteiger partial charge in [-0.2, -0.15) is 0 Å². The highest BCUT2D eigenvalue weighted by Crippen LogP contribution is 2.08. The Morgan fingerprint density at radius 2 is 1.32 bits per heavy atom. The zero-order valence-corrected chi connectivity index (χ0v) is 17.2. The minimum absolute atomic E-state index is 0.151. The van der Waals surface area contributed by atoms with Crippen LogP contribution >= 0.6 is 0 Å². The molecule has 7 heteroatoms. The molecule has 0 fully saturated rings. The summed E-state index contributed by atoms with van der Waals surface area (Å²) in [6.45, 7) is 0.448.